The molecular formula is C17H13Cl2N3O5S. The van der Waals surface area contributed by atoms with Crippen LogP contribution in [0.2, 0.25) is 10.0 Å². The molecule has 28 heavy (non-hydrogen) atoms. The first-order chi connectivity index (χ1) is 13.3. The Labute approximate surface area is 173 Å². The van der Waals surface area contributed by atoms with E-state index >= 15 is 0 Å². The van der Waals surface area contributed by atoms with Crippen LogP contribution in [0.4, 0.5) is 10.8 Å². The molecule has 0 aliphatic carbocycles. The van der Waals surface area contributed by atoms with E-state index in [9.17, 15) is 14.9 Å². The van der Waals surface area contributed by atoms with Crippen LogP contribution in [-0.4, -0.2) is 29.0 Å². The Balaban J connectivity index is 1.79. The normalized spacial score (nSPS) is 11.9. The van der Waals surface area contributed by atoms with Gasteiger partial charge in [0.2, 0.25) is 0 Å². The van der Waals surface area contributed by atoms with Crippen LogP contribution in [0.15, 0.2) is 30.3 Å². The van der Waals surface area contributed by atoms with Crippen LogP contribution < -0.4 is 14.8 Å². The van der Waals surface area contributed by atoms with Crippen LogP contribution in [0, 0.1) is 10.1 Å². The van der Waals surface area contributed by atoms with Gasteiger partial charge in [0.05, 0.1) is 27.8 Å². The zero-order valence-electron chi connectivity index (χ0n) is 14.6. The molecule has 1 N–H and O–H groups in total. The fraction of sp³-hybridized carbons (Fsp3) is 0.176. The summed E-state index contributed by atoms with van der Waals surface area (Å²) < 4.78 is 11.2. The molecule has 3 rings (SSSR count). The van der Waals surface area contributed by atoms with Crippen molar-refractivity contribution in [3.63, 3.8) is 0 Å². The van der Waals surface area contributed by atoms with Crippen molar-refractivity contribution in [1.82, 2.24) is 4.98 Å². The Morgan fingerprint density at radius 2 is 2.04 bits per heavy atom. The first-order valence-corrected chi connectivity index (χ1v) is 9.41. The number of methoxy groups -OCH3 is 1. The summed E-state index contributed by atoms with van der Waals surface area (Å²) in [6.45, 7) is 1.55. The maximum atomic E-state index is 12.4. The number of benzene rings is 2. The van der Waals surface area contributed by atoms with Gasteiger partial charge in [-0.05, 0) is 25.1 Å². The number of amides is 1. The van der Waals surface area contributed by atoms with Crippen molar-refractivity contribution in [3.05, 3.63) is 50.5 Å². The number of hydrogen-bond donors (Lipinski definition) is 1. The van der Waals surface area contributed by atoms with Crippen molar-refractivity contribution in [2.75, 3.05) is 12.4 Å². The van der Waals surface area contributed by atoms with Gasteiger partial charge in [0.25, 0.3) is 11.6 Å². The molecule has 0 aliphatic rings. The van der Waals surface area contributed by atoms with E-state index in [4.69, 9.17) is 32.7 Å². The predicted octanol–water partition coefficient (Wildman–Crippen LogP) is 4.93. The molecule has 8 nitrogen and oxygen atoms in total. The van der Waals surface area contributed by atoms with Gasteiger partial charge in [-0.2, -0.15) is 0 Å². The van der Waals surface area contributed by atoms with Crippen LogP contribution in [0.3, 0.4) is 0 Å². The highest BCUT2D eigenvalue weighted by Gasteiger charge is 2.20. The first kappa shape index (κ1) is 20.1. The van der Waals surface area contributed by atoms with Gasteiger partial charge in [-0.25, -0.2) is 4.98 Å². The SMILES string of the molecule is COc1cc([N+](=O)[O-])cc2sc(NC(=O)[C@H](C)Oc3ccc(Cl)cc3Cl)nc12. The van der Waals surface area contributed by atoms with Crippen LogP contribution in [0.5, 0.6) is 11.5 Å². The summed E-state index contributed by atoms with van der Waals surface area (Å²) in [7, 11) is 1.39. The number of carbonyl (C=O) groups is 1. The Hall–Kier alpha value is -2.62. The lowest BCUT2D eigenvalue weighted by molar-refractivity contribution is -0.384. The highest BCUT2D eigenvalue weighted by atomic mass is 35.5. The third kappa shape index (κ3) is 4.27. The lowest BCUT2D eigenvalue weighted by atomic mass is 10.3. The maximum Gasteiger partial charge on any atom is 0.274 e. The van der Waals surface area contributed by atoms with Crippen LogP contribution in [0.1, 0.15) is 6.92 Å². The van der Waals surface area contributed by atoms with E-state index in [1.807, 2.05) is 0 Å². The number of fused-ring (bicyclic) bond motifs is 1. The minimum Gasteiger partial charge on any atom is -0.494 e. The topological polar surface area (TPSA) is 104 Å². The second kappa shape index (κ2) is 8.17. The van der Waals surface area contributed by atoms with Gasteiger partial charge in [0.1, 0.15) is 11.3 Å². The monoisotopic (exact) mass is 441 g/mol. The zero-order valence-corrected chi connectivity index (χ0v) is 16.9. The minimum absolute atomic E-state index is 0.125. The number of hydrogen-bond acceptors (Lipinski definition) is 7. The number of anilines is 1. The summed E-state index contributed by atoms with van der Waals surface area (Å²) in [4.78, 5) is 27.2. The van der Waals surface area contributed by atoms with Crippen molar-refractivity contribution in [2.45, 2.75) is 13.0 Å². The molecule has 1 heterocycles. The predicted molar refractivity (Wildman–Crippen MR) is 108 cm³/mol. The largest absolute Gasteiger partial charge is 0.494 e. The average Bonchev–Trinajstić information content (AvgIpc) is 3.05. The van der Waals surface area contributed by atoms with Crippen LogP contribution in [0.25, 0.3) is 10.2 Å². The molecule has 1 atom stereocenters. The summed E-state index contributed by atoms with van der Waals surface area (Å²) in [6.07, 6.45) is -0.873. The summed E-state index contributed by atoms with van der Waals surface area (Å²) >= 11 is 13.0. The van der Waals surface area contributed by atoms with Gasteiger partial charge in [0, 0.05) is 11.1 Å². The molecule has 0 saturated carbocycles. The fourth-order valence-corrected chi connectivity index (χ4v) is 3.69. The van der Waals surface area contributed by atoms with Crippen molar-refractivity contribution >= 4 is 61.5 Å². The number of non-ortho nitro benzene ring substituents is 1. The third-order valence-corrected chi connectivity index (χ3v) is 5.12. The van der Waals surface area contributed by atoms with Gasteiger partial charge in [0.15, 0.2) is 17.0 Å². The van der Waals surface area contributed by atoms with Crippen LogP contribution >= 0.6 is 34.5 Å². The quantitative estimate of drug-likeness (QED) is 0.429. The molecule has 1 amide bonds. The van der Waals surface area contributed by atoms with E-state index in [1.54, 1.807) is 19.1 Å². The molecule has 1 aromatic heterocycles. The number of carbonyl (C=O) groups excluding carboxylic acids is 1. The Morgan fingerprint density at radius 3 is 2.68 bits per heavy atom. The zero-order chi connectivity index (χ0) is 20.4. The van der Waals surface area contributed by atoms with Gasteiger partial charge in [-0.15, -0.1) is 0 Å². The summed E-state index contributed by atoms with van der Waals surface area (Å²) in [5.41, 5.74) is 0.294. The number of aromatic nitrogens is 1. The summed E-state index contributed by atoms with van der Waals surface area (Å²) in [5.74, 6) is 0.104. The van der Waals surface area contributed by atoms with Crippen molar-refractivity contribution in [2.24, 2.45) is 0 Å². The van der Waals surface area contributed by atoms with Gasteiger partial charge in [-0.1, -0.05) is 34.5 Å². The van der Waals surface area contributed by atoms with E-state index in [1.165, 1.54) is 25.3 Å². The standard InChI is InChI=1S/C17H13Cl2N3O5S/c1-8(27-12-4-3-9(18)5-11(12)19)16(23)21-17-20-15-13(26-2)6-10(22(24)25)7-14(15)28-17/h3-8H,1-2H3,(H,20,21,23)/t8-/m0/s1. The molecule has 146 valence electrons. The maximum absolute atomic E-state index is 12.4. The number of ether oxygens (including phenoxy) is 2. The highest BCUT2D eigenvalue weighted by molar-refractivity contribution is 7.22. The van der Waals surface area contributed by atoms with Crippen molar-refractivity contribution in [1.29, 1.82) is 0 Å². The van der Waals surface area contributed by atoms with Crippen LogP contribution in [-0.2, 0) is 4.79 Å². The Kier molecular flexibility index (Phi) is 5.87. The smallest absolute Gasteiger partial charge is 0.274 e. The number of thiazole rings is 1. The van der Waals surface area contributed by atoms with Crippen molar-refractivity contribution < 1.29 is 19.2 Å². The summed E-state index contributed by atoms with van der Waals surface area (Å²) in [6, 6.07) is 7.33. The van der Waals surface area contributed by atoms with Crippen molar-refractivity contribution in [3.8, 4) is 11.5 Å². The fourth-order valence-electron chi connectivity index (χ4n) is 2.32. The Bertz CT molecular complexity index is 1070. The third-order valence-electron chi connectivity index (χ3n) is 3.67. The summed E-state index contributed by atoms with van der Waals surface area (Å²) in [5, 5.41) is 14.7. The average molecular weight is 442 g/mol. The van der Waals surface area contributed by atoms with Gasteiger partial charge in [-0.3, -0.25) is 20.2 Å². The molecule has 0 unspecified atom stereocenters. The molecule has 3 aromatic rings. The van der Waals surface area contributed by atoms with E-state index in [-0.39, 0.29) is 21.6 Å². The minimum atomic E-state index is -0.873. The number of nitro benzene ring substituents is 1. The molecule has 11 heteroatoms. The molecule has 0 spiro atoms. The number of nitrogens with one attached hydrogen (secondary N) is 1. The lowest BCUT2D eigenvalue weighted by Crippen LogP contribution is -2.30. The molecule has 0 bridgehead atoms. The second-order valence-electron chi connectivity index (χ2n) is 5.59. The van der Waals surface area contributed by atoms with E-state index in [2.05, 4.69) is 10.3 Å². The number of halogens is 2. The highest BCUT2D eigenvalue weighted by Crippen LogP contribution is 2.36. The van der Waals surface area contributed by atoms with E-state index < -0.39 is 16.9 Å². The number of nitrogens with zero attached hydrogens (tertiary/aromatic N) is 2. The Morgan fingerprint density at radius 1 is 1.29 bits per heavy atom. The molecule has 2 aromatic carbocycles. The second-order valence-corrected chi connectivity index (χ2v) is 7.47. The molecule has 0 radical (unpaired) electrons. The number of rotatable bonds is 6. The van der Waals surface area contributed by atoms with Gasteiger partial charge >= 0.3 is 0 Å². The first-order valence-electron chi connectivity index (χ1n) is 7.84. The van der Waals surface area contributed by atoms with E-state index in [0.717, 1.165) is 11.3 Å². The van der Waals surface area contributed by atoms with E-state index in [0.29, 0.717) is 21.0 Å². The molecule has 0 aliphatic heterocycles. The molecule has 0 fully saturated rings. The number of nitro groups is 1. The van der Waals surface area contributed by atoms with Gasteiger partial charge < -0.3 is 9.47 Å². The molecular weight excluding hydrogens is 429 g/mol. The molecule has 0 saturated heterocycles. The lowest BCUT2D eigenvalue weighted by Gasteiger charge is -2.14.